The van der Waals surface area contributed by atoms with E-state index in [9.17, 15) is 4.39 Å². The van der Waals surface area contributed by atoms with Crippen LogP contribution in [0.3, 0.4) is 0 Å². The maximum atomic E-state index is 13.8. The number of nitrogens with two attached hydrogens (primary N) is 1. The molecule has 4 heterocycles. The smallest absolute Gasteiger partial charge is 0.187 e. The molecular formula is C22H23FN6O. The summed E-state index contributed by atoms with van der Waals surface area (Å²) in [5, 5.41) is 9.32. The van der Waals surface area contributed by atoms with Crippen LogP contribution in [0.25, 0.3) is 28.1 Å². The van der Waals surface area contributed by atoms with Crippen LogP contribution < -0.4 is 10.5 Å². The third-order valence-electron chi connectivity index (χ3n) is 5.88. The molecule has 2 atom stereocenters. The molecule has 0 unspecified atom stereocenters. The standard InChI is InChI=1S/C22H23FN6O/c1-13(28-8-7-17(24)12-28)15-4-6-20-26-27-22(29(20)11-15)18-5-3-14-9-16(23)10-19(30-2)21(14)25-18/h3-6,9-11,13,17H,7-8,12,24H2,1-2H3/t13-,17-/m0/s1. The van der Waals surface area contributed by atoms with Gasteiger partial charge in [0.1, 0.15) is 22.8 Å². The summed E-state index contributed by atoms with van der Waals surface area (Å²) < 4.78 is 21.1. The zero-order chi connectivity index (χ0) is 20.8. The van der Waals surface area contributed by atoms with Crippen LogP contribution in [0.5, 0.6) is 5.75 Å². The Labute approximate surface area is 173 Å². The summed E-state index contributed by atoms with van der Waals surface area (Å²) >= 11 is 0. The Balaban J connectivity index is 1.58. The van der Waals surface area contributed by atoms with Crippen LogP contribution in [-0.2, 0) is 0 Å². The number of nitrogens with zero attached hydrogens (tertiary/aromatic N) is 5. The minimum atomic E-state index is -0.359. The van der Waals surface area contributed by atoms with Crippen molar-refractivity contribution >= 4 is 16.6 Å². The molecule has 0 aliphatic carbocycles. The molecule has 7 nitrogen and oxygen atoms in total. The third-order valence-corrected chi connectivity index (χ3v) is 5.88. The zero-order valence-corrected chi connectivity index (χ0v) is 16.9. The molecule has 30 heavy (non-hydrogen) atoms. The molecular weight excluding hydrogens is 383 g/mol. The van der Waals surface area contributed by atoms with E-state index in [0.29, 0.717) is 28.2 Å². The molecule has 1 fully saturated rings. The van der Waals surface area contributed by atoms with Crippen molar-refractivity contribution in [2.45, 2.75) is 25.4 Å². The molecule has 0 amide bonds. The van der Waals surface area contributed by atoms with Crippen molar-refractivity contribution in [2.24, 2.45) is 5.73 Å². The van der Waals surface area contributed by atoms with Crippen molar-refractivity contribution in [1.29, 1.82) is 0 Å². The molecule has 0 saturated carbocycles. The van der Waals surface area contributed by atoms with E-state index in [-0.39, 0.29) is 17.9 Å². The second-order valence-electron chi connectivity index (χ2n) is 7.81. The molecule has 0 bridgehead atoms. The highest BCUT2D eigenvalue weighted by atomic mass is 19.1. The van der Waals surface area contributed by atoms with Crippen LogP contribution in [0, 0.1) is 5.82 Å². The van der Waals surface area contributed by atoms with Gasteiger partial charge in [-0.15, -0.1) is 10.2 Å². The van der Waals surface area contributed by atoms with E-state index in [1.54, 1.807) is 0 Å². The van der Waals surface area contributed by atoms with Gasteiger partial charge in [0.15, 0.2) is 11.5 Å². The quantitative estimate of drug-likeness (QED) is 0.561. The first kappa shape index (κ1) is 18.9. The number of methoxy groups -OCH3 is 1. The van der Waals surface area contributed by atoms with Gasteiger partial charge in [0.2, 0.25) is 0 Å². The minimum Gasteiger partial charge on any atom is -0.494 e. The number of hydrogen-bond donors (Lipinski definition) is 1. The largest absolute Gasteiger partial charge is 0.494 e. The van der Waals surface area contributed by atoms with Gasteiger partial charge in [-0.1, -0.05) is 12.1 Å². The summed E-state index contributed by atoms with van der Waals surface area (Å²) in [5.41, 5.74) is 9.23. The fourth-order valence-electron chi connectivity index (χ4n) is 4.15. The summed E-state index contributed by atoms with van der Waals surface area (Å²) in [4.78, 5) is 7.09. The van der Waals surface area contributed by atoms with E-state index in [1.165, 1.54) is 19.2 Å². The topological polar surface area (TPSA) is 81.6 Å². The maximum Gasteiger partial charge on any atom is 0.187 e. The molecule has 1 saturated heterocycles. The first-order valence-electron chi connectivity index (χ1n) is 10.0. The van der Waals surface area contributed by atoms with Crippen molar-refractivity contribution < 1.29 is 9.13 Å². The Morgan fingerprint density at radius 3 is 2.83 bits per heavy atom. The predicted octanol–water partition coefficient (Wildman–Crippen LogP) is 3.19. The van der Waals surface area contributed by atoms with Crippen molar-refractivity contribution in [1.82, 2.24) is 24.5 Å². The summed E-state index contributed by atoms with van der Waals surface area (Å²) in [7, 11) is 1.51. The van der Waals surface area contributed by atoms with E-state index in [0.717, 1.165) is 30.7 Å². The predicted molar refractivity (Wildman–Crippen MR) is 113 cm³/mol. The van der Waals surface area contributed by atoms with Gasteiger partial charge in [-0.3, -0.25) is 9.30 Å². The SMILES string of the molecule is COc1cc(F)cc2ccc(-c3nnc4ccc([C@H](C)N5CC[C@H](N)C5)cn34)nc12. The number of aromatic nitrogens is 4. The lowest BCUT2D eigenvalue weighted by Gasteiger charge is -2.24. The first-order valence-corrected chi connectivity index (χ1v) is 10.0. The van der Waals surface area contributed by atoms with Gasteiger partial charge in [-0.05, 0) is 37.1 Å². The van der Waals surface area contributed by atoms with E-state index >= 15 is 0 Å². The Hall–Kier alpha value is -3.10. The molecule has 3 aromatic heterocycles. The van der Waals surface area contributed by atoms with Crippen molar-refractivity contribution in [2.75, 3.05) is 20.2 Å². The van der Waals surface area contributed by atoms with Gasteiger partial charge in [0, 0.05) is 42.8 Å². The van der Waals surface area contributed by atoms with E-state index in [2.05, 4.69) is 34.3 Å². The number of fused-ring (bicyclic) bond motifs is 2. The minimum absolute atomic E-state index is 0.239. The molecule has 154 valence electrons. The van der Waals surface area contributed by atoms with Crippen molar-refractivity contribution in [3.63, 3.8) is 0 Å². The highest BCUT2D eigenvalue weighted by Crippen LogP contribution is 2.29. The Kier molecular flexibility index (Phi) is 4.60. The first-order chi connectivity index (χ1) is 14.5. The summed E-state index contributed by atoms with van der Waals surface area (Å²) in [5.74, 6) is 0.660. The Morgan fingerprint density at radius 2 is 2.07 bits per heavy atom. The molecule has 0 radical (unpaired) electrons. The lowest BCUT2D eigenvalue weighted by molar-refractivity contribution is 0.259. The average molecular weight is 406 g/mol. The van der Waals surface area contributed by atoms with Crippen LogP contribution >= 0.6 is 0 Å². The Bertz CT molecular complexity index is 1240. The summed E-state index contributed by atoms with van der Waals surface area (Å²) in [6, 6.07) is 11.0. The number of likely N-dealkylation sites (tertiary alicyclic amines) is 1. The van der Waals surface area contributed by atoms with Crippen LogP contribution in [0.1, 0.15) is 24.9 Å². The molecule has 1 aliphatic rings. The van der Waals surface area contributed by atoms with Crippen LogP contribution in [0.15, 0.2) is 42.6 Å². The molecule has 2 N–H and O–H groups in total. The highest BCUT2D eigenvalue weighted by molar-refractivity contribution is 5.86. The van der Waals surface area contributed by atoms with Crippen molar-refractivity contribution in [3.8, 4) is 17.3 Å². The lowest BCUT2D eigenvalue weighted by atomic mass is 10.1. The summed E-state index contributed by atoms with van der Waals surface area (Å²) in [6.07, 6.45) is 3.08. The molecule has 0 spiro atoms. The zero-order valence-electron chi connectivity index (χ0n) is 16.9. The number of pyridine rings is 2. The van der Waals surface area contributed by atoms with E-state index in [1.807, 2.05) is 22.6 Å². The fourth-order valence-corrected chi connectivity index (χ4v) is 4.15. The third kappa shape index (κ3) is 3.18. The molecule has 5 rings (SSSR count). The summed E-state index contributed by atoms with van der Waals surface area (Å²) in [6.45, 7) is 4.09. The second kappa shape index (κ2) is 7.30. The van der Waals surface area contributed by atoms with Gasteiger partial charge < -0.3 is 10.5 Å². The normalized spacial score (nSPS) is 18.3. The molecule has 1 aliphatic heterocycles. The number of rotatable bonds is 4. The molecule has 8 heteroatoms. The van der Waals surface area contributed by atoms with Crippen molar-refractivity contribution in [3.05, 3.63) is 54.0 Å². The number of halogens is 1. The van der Waals surface area contributed by atoms with E-state index < -0.39 is 0 Å². The lowest BCUT2D eigenvalue weighted by Crippen LogP contribution is -2.28. The van der Waals surface area contributed by atoms with Crippen LogP contribution in [0.2, 0.25) is 0 Å². The van der Waals surface area contributed by atoms with Gasteiger partial charge in [-0.25, -0.2) is 9.37 Å². The maximum absolute atomic E-state index is 13.8. The number of benzene rings is 1. The average Bonchev–Trinajstić information content (AvgIpc) is 3.38. The second-order valence-corrected chi connectivity index (χ2v) is 7.81. The van der Waals surface area contributed by atoms with Gasteiger partial charge in [0.25, 0.3) is 0 Å². The van der Waals surface area contributed by atoms with Gasteiger partial charge in [0.05, 0.1) is 7.11 Å². The van der Waals surface area contributed by atoms with E-state index in [4.69, 9.17) is 15.5 Å². The van der Waals surface area contributed by atoms with Crippen LogP contribution in [-0.4, -0.2) is 50.7 Å². The molecule has 4 aromatic rings. The van der Waals surface area contributed by atoms with Crippen LogP contribution in [0.4, 0.5) is 4.39 Å². The number of hydrogen-bond acceptors (Lipinski definition) is 6. The highest BCUT2D eigenvalue weighted by Gasteiger charge is 2.25. The molecule has 1 aromatic carbocycles. The Morgan fingerprint density at radius 1 is 1.20 bits per heavy atom. The number of ether oxygens (including phenoxy) is 1. The van der Waals surface area contributed by atoms with Gasteiger partial charge >= 0.3 is 0 Å². The monoisotopic (exact) mass is 406 g/mol. The van der Waals surface area contributed by atoms with Gasteiger partial charge in [-0.2, -0.15) is 0 Å². The fraction of sp³-hybridized carbons (Fsp3) is 0.318.